The number of fused-ring (bicyclic) bond motifs is 4. The molecule has 204 valence electrons. The zero-order valence-electron chi connectivity index (χ0n) is 22.5. The molecule has 2 aliphatic heterocycles. The Balaban J connectivity index is 1.56. The summed E-state index contributed by atoms with van der Waals surface area (Å²) in [5.74, 6) is 1.11. The molecule has 0 amide bonds. The van der Waals surface area contributed by atoms with Crippen molar-refractivity contribution in [1.29, 1.82) is 0 Å². The highest BCUT2D eigenvalue weighted by Crippen LogP contribution is 2.46. The van der Waals surface area contributed by atoms with Crippen molar-refractivity contribution in [3.05, 3.63) is 0 Å². The van der Waals surface area contributed by atoms with Crippen molar-refractivity contribution in [1.82, 2.24) is 0 Å². The first-order chi connectivity index (χ1) is 17.2. The molecule has 2 saturated carbocycles. The van der Waals surface area contributed by atoms with Crippen molar-refractivity contribution in [2.24, 2.45) is 23.7 Å². The van der Waals surface area contributed by atoms with Crippen LogP contribution in [-0.4, -0.2) is 78.6 Å². The fourth-order valence-electron chi connectivity index (χ4n) is 7.24. The molecule has 0 aromatic carbocycles. The molecule has 10 atom stereocenters. The molecular formula is C28H50O7. The standard InChI is InChI=1S/C28H50O7/c1-29-17-21-19-13-9-5-7-11-15-23(31-3)25(21)33-27(19)35-28-20-14-10-6-8-12-16-24(32-4)26(34-28)22(20)18-30-2/h19-28H,5-18H2,1-4H3/t19-,20-,21+,22+,23-,24-,25-,26-,27+,28+/m1/s1. The van der Waals surface area contributed by atoms with Gasteiger partial charge >= 0.3 is 0 Å². The summed E-state index contributed by atoms with van der Waals surface area (Å²) in [7, 11) is 7.21. The van der Waals surface area contributed by atoms with Crippen molar-refractivity contribution in [2.75, 3.05) is 41.7 Å². The lowest BCUT2D eigenvalue weighted by Crippen LogP contribution is -2.37. The molecule has 4 fully saturated rings. The molecule has 7 nitrogen and oxygen atoms in total. The van der Waals surface area contributed by atoms with Gasteiger partial charge in [-0.2, -0.15) is 0 Å². The number of hydrogen-bond acceptors (Lipinski definition) is 7. The zero-order chi connectivity index (χ0) is 24.6. The maximum atomic E-state index is 6.86. The largest absolute Gasteiger partial charge is 0.384 e. The van der Waals surface area contributed by atoms with Gasteiger partial charge in [0.25, 0.3) is 0 Å². The Kier molecular flexibility index (Phi) is 11.1. The molecule has 7 heteroatoms. The molecule has 4 bridgehead atoms. The first-order valence-electron chi connectivity index (χ1n) is 14.2. The molecule has 0 unspecified atom stereocenters. The first kappa shape index (κ1) is 27.7. The SMILES string of the molecule is COC[C@H]1[C@H]2CCCCCC[C@@H](OC)[C@@H]1O[C@H]2O[C@@H]1O[C@@H]2[C@@H](COC)[C@H]1CCCCCC[C@H]2OC. The van der Waals surface area contributed by atoms with Crippen LogP contribution in [-0.2, 0) is 33.2 Å². The van der Waals surface area contributed by atoms with E-state index in [1.165, 1.54) is 51.4 Å². The monoisotopic (exact) mass is 498 g/mol. The number of hydrogen-bond donors (Lipinski definition) is 0. The van der Waals surface area contributed by atoms with Crippen LogP contribution < -0.4 is 0 Å². The molecule has 0 N–H and O–H groups in total. The van der Waals surface area contributed by atoms with Gasteiger partial charge in [-0.3, -0.25) is 0 Å². The van der Waals surface area contributed by atoms with E-state index < -0.39 is 0 Å². The smallest absolute Gasteiger partial charge is 0.164 e. The van der Waals surface area contributed by atoms with Gasteiger partial charge in [0.15, 0.2) is 12.6 Å². The lowest BCUT2D eigenvalue weighted by atomic mass is 9.81. The highest BCUT2D eigenvalue weighted by atomic mass is 16.8. The van der Waals surface area contributed by atoms with E-state index in [9.17, 15) is 0 Å². The van der Waals surface area contributed by atoms with Crippen molar-refractivity contribution in [3.8, 4) is 0 Å². The van der Waals surface area contributed by atoms with Crippen molar-refractivity contribution >= 4 is 0 Å². The summed E-state index contributed by atoms with van der Waals surface area (Å²) in [6.07, 6.45) is 13.6. The fraction of sp³-hybridized carbons (Fsp3) is 1.00. The summed E-state index contributed by atoms with van der Waals surface area (Å²) >= 11 is 0. The van der Waals surface area contributed by atoms with E-state index in [2.05, 4.69) is 0 Å². The van der Waals surface area contributed by atoms with Crippen LogP contribution in [0.4, 0.5) is 0 Å². The van der Waals surface area contributed by atoms with E-state index in [1.807, 2.05) is 14.2 Å². The molecule has 35 heavy (non-hydrogen) atoms. The highest BCUT2D eigenvalue weighted by molar-refractivity contribution is 4.95. The fourth-order valence-corrected chi connectivity index (χ4v) is 7.24. The Morgan fingerprint density at radius 1 is 0.543 bits per heavy atom. The van der Waals surface area contributed by atoms with E-state index in [0.29, 0.717) is 13.2 Å². The highest BCUT2D eigenvalue weighted by Gasteiger charge is 2.53. The molecule has 0 radical (unpaired) electrons. The second-order valence-corrected chi connectivity index (χ2v) is 11.2. The van der Waals surface area contributed by atoms with Gasteiger partial charge in [-0.1, -0.05) is 51.4 Å². The summed E-state index contributed by atoms with van der Waals surface area (Å²) in [4.78, 5) is 0. The molecule has 0 aromatic heterocycles. The Morgan fingerprint density at radius 2 is 0.943 bits per heavy atom. The average molecular weight is 499 g/mol. The van der Waals surface area contributed by atoms with Crippen LogP contribution in [0.25, 0.3) is 0 Å². The van der Waals surface area contributed by atoms with Crippen molar-refractivity contribution in [3.63, 3.8) is 0 Å². The normalized spacial score (nSPS) is 43.2. The number of ether oxygens (including phenoxy) is 7. The van der Waals surface area contributed by atoms with Crippen molar-refractivity contribution in [2.45, 2.75) is 114 Å². The van der Waals surface area contributed by atoms with Gasteiger partial charge in [0.2, 0.25) is 0 Å². The van der Waals surface area contributed by atoms with Gasteiger partial charge in [-0.25, -0.2) is 0 Å². The third kappa shape index (κ3) is 6.60. The minimum absolute atomic E-state index is 0.00715. The predicted molar refractivity (Wildman–Crippen MR) is 133 cm³/mol. The van der Waals surface area contributed by atoms with Gasteiger partial charge in [0.05, 0.1) is 37.6 Å². The van der Waals surface area contributed by atoms with E-state index in [0.717, 1.165) is 25.7 Å². The number of methoxy groups -OCH3 is 4. The molecule has 0 spiro atoms. The second kappa shape index (κ2) is 14.0. The Morgan fingerprint density at radius 3 is 1.31 bits per heavy atom. The summed E-state index contributed by atoms with van der Waals surface area (Å²) in [6.45, 7) is 1.34. The predicted octanol–water partition coefficient (Wildman–Crippen LogP) is 4.95. The van der Waals surface area contributed by atoms with E-state index in [-0.39, 0.29) is 60.7 Å². The second-order valence-electron chi connectivity index (χ2n) is 11.2. The summed E-state index contributed by atoms with van der Waals surface area (Å²) in [5.41, 5.74) is 0. The maximum absolute atomic E-state index is 6.86. The quantitative estimate of drug-likeness (QED) is 0.469. The van der Waals surface area contributed by atoms with Crippen LogP contribution in [0, 0.1) is 23.7 Å². The third-order valence-corrected chi connectivity index (χ3v) is 9.10. The Hall–Kier alpha value is -0.280. The molecule has 0 aromatic rings. The van der Waals surface area contributed by atoms with Crippen LogP contribution in [0.2, 0.25) is 0 Å². The minimum Gasteiger partial charge on any atom is -0.384 e. The molecular weight excluding hydrogens is 448 g/mol. The van der Waals surface area contributed by atoms with E-state index in [4.69, 9.17) is 33.2 Å². The topological polar surface area (TPSA) is 64.6 Å². The van der Waals surface area contributed by atoms with Gasteiger partial charge in [0, 0.05) is 52.1 Å². The van der Waals surface area contributed by atoms with Gasteiger partial charge in [-0.05, 0) is 25.7 Å². The van der Waals surface area contributed by atoms with Crippen LogP contribution in [0.15, 0.2) is 0 Å². The van der Waals surface area contributed by atoms with Gasteiger partial charge in [0.1, 0.15) is 0 Å². The first-order valence-corrected chi connectivity index (χ1v) is 14.2. The van der Waals surface area contributed by atoms with Crippen molar-refractivity contribution < 1.29 is 33.2 Å². The van der Waals surface area contributed by atoms with E-state index >= 15 is 0 Å². The zero-order valence-corrected chi connectivity index (χ0v) is 22.5. The summed E-state index contributed by atoms with van der Waals surface area (Å²) < 4.78 is 43.6. The van der Waals surface area contributed by atoms with Crippen LogP contribution in [0.1, 0.15) is 77.0 Å². The Labute approximate surface area is 212 Å². The summed E-state index contributed by atoms with van der Waals surface area (Å²) in [6, 6.07) is 0. The minimum atomic E-state index is -0.295. The summed E-state index contributed by atoms with van der Waals surface area (Å²) in [5, 5.41) is 0. The number of rotatable bonds is 8. The lowest BCUT2D eigenvalue weighted by Gasteiger charge is -2.29. The van der Waals surface area contributed by atoms with Gasteiger partial charge in [-0.15, -0.1) is 0 Å². The molecule has 2 saturated heterocycles. The molecule has 2 heterocycles. The third-order valence-electron chi connectivity index (χ3n) is 9.10. The average Bonchev–Trinajstić information content (AvgIpc) is 3.34. The molecule has 2 aliphatic carbocycles. The Bertz CT molecular complexity index is 554. The molecule has 4 rings (SSSR count). The van der Waals surface area contributed by atoms with E-state index in [1.54, 1.807) is 14.2 Å². The lowest BCUT2D eigenvalue weighted by molar-refractivity contribution is -0.265. The maximum Gasteiger partial charge on any atom is 0.164 e. The van der Waals surface area contributed by atoms with Crippen LogP contribution in [0.3, 0.4) is 0 Å². The molecule has 4 aliphatic rings. The van der Waals surface area contributed by atoms with Crippen LogP contribution >= 0.6 is 0 Å². The van der Waals surface area contributed by atoms with Crippen LogP contribution in [0.5, 0.6) is 0 Å². The van der Waals surface area contributed by atoms with Gasteiger partial charge < -0.3 is 33.2 Å².